The third-order valence-electron chi connectivity index (χ3n) is 3.13. The third-order valence-corrected chi connectivity index (χ3v) is 3.78. The van der Waals surface area contributed by atoms with E-state index < -0.39 is 0 Å². The summed E-state index contributed by atoms with van der Waals surface area (Å²) in [5.74, 6) is 0.963. The first-order chi connectivity index (χ1) is 8.33. The van der Waals surface area contributed by atoms with Gasteiger partial charge < -0.3 is 14.5 Å². The molecule has 4 heteroatoms. The molecule has 1 aliphatic heterocycles. The standard InChI is InChI=1S/C13H20BrNO2/c1-2-7-15-12(11-5-3-4-8-16-11)13-10(14)6-9-17-13/h6,9,11-12,15H,2-5,7-8H2,1H3. The average molecular weight is 302 g/mol. The molecule has 3 nitrogen and oxygen atoms in total. The molecule has 0 radical (unpaired) electrons. The van der Waals surface area contributed by atoms with Crippen molar-refractivity contribution >= 4 is 15.9 Å². The van der Waals surface area contributed by atoms with Gasteiger partial charge in [-0.3, -0.25) is 0 Å². The summed E-state index contributed by atoms with van der Waals surface area (Å²) in [6.45, 7) is 4.02. The van der Waals surface area contributed by atoms with Crippen LogP contribution in [0.2, 0.25) is 0 Å². The second-order valence-corrected chi connectivity index (χ2v) is 5.32. The second kappa shape index (κ2) is 6.57. The molecule has 1 aromatic rings. The van der Waals surface area contributed by atoms with Crippen LogP contribution >= 0.6 is 15.9 Å². The Kier molecular flexibility index (Phi) is 5.07. The molecule has 1 saturated heterocycles. The van der Waals surface area contributed by atoms with Crippen LogP contribution in [0.1, 0.15) is 44.4 Å². The SMILES string of the molecule is CCCNC(c1occc1Br)C1CCCCO1. The summed E-state index contributed by atoms with van der Waals surface area (Å²) < 4.78 is 12.5. The van der Waals surface area contributed by atoms with Gasteiger partial charge in [0.05, 0.1) is 22.9 Å². The van der Waals surface area contributed by atoms with E-state index in [4.69, 9.17) is 9.15 Å². The lowest BCUT2D eigenvalue weighted by Gasteiger charge is -2.30. The average Bonchev–Trinajstić information content (AvgIpc) is 2.78. The highest BCUT2D eigenvalue weighted by atomic mass is 79.9. The molecule has 2 heterocycles. The predicted molar refractivity (Wildman–Crippen MR) is 71.0 cm³/mol. The minimum absolute atomic E-state index is 0.166. The Morgan fingerprint density at radius 2 is 2.41 bits per heavy atom. The molecular weight excluding hydrogens is 282 g/mol. The molecule has 0 spiro atoms. The van der Waals surface area contributed by atoms with Crippen molar-refractivity contribution < 1.29 is 9.15 Å². The number of halogens is 1. The monoisotopic (exact) mass is 301 g/mol. The predicted octanol–water partition coefficient (Wildman–Crippen LogP) is 3.65. The number of nitrogens with one attached hydrogen (secondary N) is 1. The van der Waals surface area contributed by atoms with Gasteiger partial charge in [-0.1, -0.05) is 6.92 Å². The molecule has 0 bridgehead atoms. The van der Waals surface area contributed by atoms with Gasteiger partial charge in [-0.2, -0.15) is 0 Å². The Hall–Kier alpha value is -0.320. The molecule has 0 aromatic carbocycles. The Balaban J connectivity index is 2.09. The highest BCUT2D eigenvalue weighted by Crippen LogP contribution is 2.31. The fourth-order valence-corrected chi connectivity index (χ4v) is 2.70. The lowest BCUT2D eigenvalue weighted by Crippen LogP contribution is -2.36. The highest BCUT2D eigenvalue weighted by Gasteiger charge is 2.29. The lowest BCUT2D eigenvalue weighted by molar-refractivity contribution is -0.0127. The Morgan fingerprint density at radius 3 is 3.00 bits per heavy atom. The molecule has 1 aromatic heterocycles. The van der Waals surface area contributed by atoms with Crippen LogP contribution in [0, 0.1) is 0 Å². The van der Waals surface area contributed by atoms with Gasteiger partial charge in [0.2, 0.25) is 0 Å². The molecule has 17 heavy (non-hydrogen) atoms. The van der Waals surface area contributed by atoms with Crippen LogP contribution in [0.25, 0.3) is 0 Å². The molecule has 96 valence electrons. The van der Waals surface area contributed by atoms with Gasteiger partial charge in [-0.15, -0.1) is 0 Å². The van der Waals surface area contributed by atoms with Crippen molar-refractivity contribution in [1.29, 1.82) is 0 Å². The van der Waals surface area contributed by atoms with E-state index in [-0.39, 0.29) is 12.1 Å². The van der Waals surface area contributed by atoms with Crippen LogP contribution in [-0.4, -0.2) is 19.3 Å². The number of rotatable bonds is 5. The van der Waals surface area contributed by atoms with Crippen LogP contribution in [0.15, 0.2) is 21.2 Å². The van der Waals surface area contributed by atoms with E-state index in [0.717, 1.165) is 36.2 Å². The van der Waals surface area contributed by atoms with Crippen molar-refractivity contribution in [2.75, 3.05) is 13.2 Å². The maximum atomic E-state index is 5.87. The van der Waals surface area contributed by atoms with E-state index in [1.807, 2.05) is 6.07 Å². The van der Waals surface area contributed by atoms with Crippen LogP contribution in [0.3, 0.4) is 0 Å². The van der Waals surface area contributed by atoms with Gasteiger partial charge in [-0.05, 0) is 54.2 Å². The lowest BCUT2D eigenvalue weighted by atomic mass is 10.00. The van der Waals surface area contributed by atoms with Crippen molar-refractivity contribution in [3.8, 4) is 0 Å². The van der Waals surface area contributed by atoms with Crippen molar-refractivity contribution in [3.05, 3.63) is 22.6 Å². The molecular formula is C13H20BrNO2. The van der Waals surface area contributed by atoms with Gasteiger partial charge in [0.15, 0.2) is 0 Å². The maximum Gasteiger partial charge on any atom is 0.137 e. The van der Waals surface area contributed by atoms with Crippen molar-refractivity contribution in [1.82, 2.24) is 5.32 Å². The first-order valence-corrected chi connectivity index (χ1v) is 7.20. The van der Waals surface area contributed by atoms with E-state index in [1.54, 1.807) is 6.26 Å². The number of ether oxygens (including phenoxy) is 1. The van der Waals surface area contributed by atoms with Crippen molar-refractivity contribution in [3.63, 3.8) is 0 Å². The Labute approximate surface area is 111 Å². The van der Waals surface area contributed by atoms with Crippen LogP contribution in [0.5, 0.6) is 0 Å². The second-order valence-electron chi connectivity index (χ2n) is 4.47. The van der Waals surface area contributed by atoms with Crippen LogP contribution in [0.4, 0.5) is 0 Å². The zero-order valence-corrected chi connectivity index (χ0v) is 11.8. The van der Waals surface area contributed by atoms with Crippen molar-refractivity contribution in [2.24, 2.45) is 0 Å². The van der Waals surface area contributed by atoms with Crippen molar-refractivity contribution in [2.45, 2.75) is 44.8 Å². The molecule has 2 unspecified atom stereocenters. The summed E-state index contributed by atoms with van der Waals surface area (Å²) in [6.07, 6.45) is 6.60. The topological polar surface area (TPSA) is 34.4 Å². The van der Waals surface area contributed by atoms with E-state index in [0.29, 0.717) is 0 Å². The van der Waals surface area contributed by atoms with Gasteiger partial charge in [0.25, 0.3) is 0 Å². The van der Waals surface area contributed by atoms with Crippen LogP contribution < -0.4 is 5.32 Å². The van der Waals surface area contributed by atoms with Gasteiger partial charge in [0, 0.05) is 6.61 Å². The first kappa shape index (κ1) is 13.1. The summed E-state index contributed by atoms with van der Waals surface area (Å²) in [5.41, 5.74) is 0. The zero-order valence-electron chi connectivity index (χ0n) is 10.2. The van der Waals surface area contributed by atoms with E-state index in [1.165, 1.54) is 12.8 Å². The third kappa shape index (κ3) is 3.33. The normalized spacial score (nSPS) is 22.6. The molecule has 1 N–H and O–H groups in total. The van der Waals surface area contributed by atoms with Crippen LogP contribution in [-0.2, 0) is 4.74 Å². The molecule has 0 aliphatic carbocycles. The maximum absolute atomic E-state index is 5.87. The molecule has 0 saturated carbocycles. The fourth-order valence-electron chi connectivity index (χ4n) is 2.25. The molecule has 2 atom stereocenters. The first-order valence-electron chi connectivity index (χ1n) is 6.40. The zero-order chi connectivity index (χ0) is 12.1. The van der Waals surface area contributed by atoms with Gasteiger partial charge >= 0.3 is 0 Å². The molecule has 2 rings (SSSR count). The summed E-state index contributed by atoms with van der Waals surface area (Å²) in [7, 11) is 0. The minimum atomic E-state index is 0.166. The smallest absolute Gasteiger partial charge is 0.137 e. The number of furan rings is 1. The summed E-state index contributed by atoms with van der Waals surface area (Å²) in [4.78, 5) is 0. The largest absolute Gasteiger partial charge is 0.466 e. The number of hydrogen-bond donors (Lipinski definition) is 1. The van der Waals surface area contributed by atoms with E-state index >= 15 is 0 Å². The van der Waals surface area contributed by atoms with Gasteiger partial charge in [0.1, 0.15) is 5.76 Å². The minimum Gasteiger partial charge on any atom is -0.466 e. The Morgan fingerprint density at radius 1 is 1.53 bits per heavy atom. The van der Waals surface area contributed by atoms with E-state index in [9.17, 15) is 0 Å². The Bertz CT molecular complexity index is 334. The highest BCUT2D eigenvalue weighted by molar-refractivity contribution is 9.10. The summed E-state index contributed by atoms with van der Waals surface area (Å²) in [5, 5.41) is 3.53. The quantitative estimate of drug-likeness (QED) is 0.901. The summed E-state index contributed by atoms with van der Waals surface area (Å²) in [6, 6.07) is 2.11. The fraction of sp³-hybridized carbons (Fsp3) is 0.692. The molecule has 1 fully saturated rings. The molecule has 1 aliphatic rings. The van der Waals surface area contributed by atoms with Gasteiger partial charge in [-0.25, -0.2) is 0 Å². The van der Waals surface area contributed by atoms with E-state index in [2.05, 4.69) is 28.2 Å². The number of hydrogen-bond acceptors (Lipinski definition) is 3. The molecule has 0 amide bonds. The summed E-state index contributed by atoms with van der Waals surface area (Å²) >= 11 is 3.54.